The van der Waals surface area contributed by atoms with Crippen LogP contribution in [0.3, 0.4) is 0 Å². The summed E-state index contributed by atoms with van der Waals surface area (Å²) in [5.74, 6) is 0.578. The molecule has 1 aromatic rings. The Morgan fingerprint density at radius 1 is 1.12 bits per heavy atom. The molecule has 0 heterocycles. The van der Waals surface area contributed by atoms with E-state index in [1.807, 2.05) is 6.07 Å². The SMILES string of the molecule is CC(C)C[C@H](O)CCNCCc1ccccc1. The van der Waals surface area contributed by atoms with Crippen molar-refractivity contribution < 1.29 is 5.11 Å². The van der Waals surface area contributed by atoms with E-state index in [0.717, 1.165) is 32.4 Å². The fourth-order valence-electron chi connectivity index (χ4n) is 1.93. The van der Waals surface area contributed by atoms with Gasteiger partial charge in [-0.2, -0.15) is 0 Å². The molecule has 1 rings (SSSR count). The smallest absolute Gasteiger partial charge is 0.0554 e. The van der Waals surface area contributed by atoms with Gasteiger partial charge in [-0.3, -0.25) is 0 Å². The molecular formula is C15H25NO. The van der Waals surface area contributed by atoms with E-state index < -0.39 is 0 Å². The van der Waals surface area contributed by atoms with Gasteiger partial charge in [-0.25, -0.2) is 0 Å². The van der Waals surface area contributed by atoms with Crippen LogP contribution in [0, 0.1) is 5.92 Å². The molecule has 2 nitrogen and oxygen atoms in total. The van der Waals surface area contributed by atoms with E-state index in [1.165, 1.54) is 5.56 Å². The van der Waals surface area contributed by atoms with Crippen LogP contribution in [0.1, 0.15) is 32.3 Å². The van der Waals surface area contributed by atoms with Crippen molar-refractivity contribution in [2.24, 2.45) is 5.92 Å². The lowest BCUT2D eigenvalue weighted by molar-refractivity contribution is 0.139. The summed E-state index contributed by atoms with van der Waals surface area (Å²) in [6, 6.07) is 10.5. The molecule has 0 saturated heterocycles. The van der Waals surface area contributed by atoms with Crippen molar-refractivity contribution in [2.75, 3.05) is 13.1 Å². The molecule has 1 aromatic carbocycles. The number of hydrogen-bond acceptors (Lipinski definition) is 2. The number of aliphatic hydroxyl groups excluding tert-OH is 1. The molecule has 0 amide bonds. The molecule has 1 atom stereocenters. The minimum absolute atomic E-state index is 0.153. The molecule has 2 N–H and O–H groups in total. The van der Waals surface area contributed by atoms with Crippen LogP contribution in [0.25, 0.3) is 0 Å². The Morgan fingerprint density at radius 2 is 1.82 bits per heavy atom. The van der Waals surface area contributed by atoms with Crippen LogP contribution in [0.2, 0.25) is 0 Å². The lowest BCUT2D eigenvalue weighted by Crippen LogP contribution is -2.23. The molecule has 2 heteroatoms. The average molecular weight is 235 g/mol. The highest BCUT2D eigenvalue weighted by Gasteiger charge is 2.05. The predicted molar refractivity (Wildman–Crippen MR) is 73.1 cm³/mol. The molecule has 0 aromatic heterocycles. The molecule has 0 aliphatic carbocycles. The van der Waals surface area contributed by atoms with E-state index in [1.54, 1.807) is 0 Å². The van der Waals surface area contributed by atoms with Crippen molar-refractivity contribution in [3.63, 3.8) is 0 Å². The van der Waals surface area contributed by atoms with E-state index in [-0.39, 0.29) is 6.10 Å². The van der Waals surface area contributed by atoms with Gasteiger partial charge in [-0.05, 0) is 43.8 Å². The van der Waals surface area contributed by atoms with Gasteiger partial charge >= 0.3 is 0 Å². The van der Waals surface area contributed by atoms with E-state index in [0.29, 0.717) is 5.92 Å². The number of benzene rings is 1. The molecule has 0 spiro atoms. The summed E-state index contributed by atoms with van der Waals surface area (Å²) in [5.41, 5.74) is 1.36. The summed E-state index contributed by atoms with van der Waals surface area (Å²) in [5, 5.41) is 13.1. The molecule has 0 aliphatic heterocycles. The van der Waals surface area contributed by atoms with Crippen LogP contribution in [-0.2, 0) is 6.42 Å². The summed E-state index contributed by atoms with van der Waals surface area (Å²) in [4.78, 5) is 0. The van der Waals surface area contributed by atoms with Crippen molar-refractivity contribution in [1.82, 2.24) is 5.32 Å². The van der Waals surface area contributed by atoms with Crippen molar-refractivity contribution >= 4 is 0 Å². The Balaban J connectivity index is 2.01. The van der Waals surface area contributed by atoms with Crippen molar-refractivity contribution in [1.29, 1.82) is 0 Å². The van der Waals surface area contributed by atoms with E-state index >= 15 is 0 Å². The second-order valence-electron chi connectivity index (χ2n) is 5.06. The molecule has 0 radical (unpaired) electrons. The van der Waals surface area contributed by atoms with Gasteiger partial charge in [0.25, 0.3) is 0 Å². The zero-order valence-corrected chi connectivity index (χ0v) is 11.0. The summed E-state index contributed by atoms with van der Waals surface area (Å²) >= 11 is 0. The lowest BCUT2D eigenvalue weighted by atomic mass is 10.0. The first-order chi connectivity index (χ1) is 8.18. The largest absolute Gasteiger partial charge is 0.393 e. The lowest BCUT2D eigenvalue weighted by Gasteiger charge is -2.13. The number of hydrogen-bond donors (Lipinski definition) is 2. The number of aliphatic hydroxyl groups is 1. The fraction of sp³-hybridized carbons (Fsp3) is 0.600. The highest BCUT2D eigenvalue weighted by molar-refractivity contribution is 5.14. The third-order valence-electron chi connectivity index (χ3n) is 2.83. The second-order valence-corrected chi connectivity index (χ2v) is 5.06. The predicted octanol–water partition coefficient (Wildman–Crippen LogP) is 2.62. The van der Waals surface area contributed by atoms with Gasteiger partial charge in [0.1, 0.15) is 0 Å². The van der Waals surface area contributed by atoms with Gasteiger partial charge in [0.15, 0.2) is 0 Å². The minimum Gasteiger partial charge on any atom is -0.393 e. The molecule has 0 unspecified atom stereocenters. The Bertz CT molecular complexity index is 284. The first-order valence-corrected chi connectivity index (χ1v) is 6.61. The maximum absolute atomic E-state index is 9.70. The van der Waals surface area contributed by atoms with Crippen LogP contribution in [-0.4, -0.2) is 24.3 Å². The number of nitrogens with one attached hydrogen (secondary N) is 1. The van der Waals surface area contributed by atoms with Crippen LogP contribution >= 0.6 is 0 Å². The van der Waals surface area contributed by atoms with E-state index in [2.05, 4.69) is 43.4 Å². The van der Waals surface area contributed by atoms with E-state index in [4.69, 9.17) is 0 Å². The Morgan fingerprint density at radius 3 is 2.47 bits per heavy atom. The minimum atomic E-state index is -0.153. The van der Waals surface area contributed by atoms with Gasteiger partial charge in [0.2, 0.25) is 0 Å². The maximum Gasteiger partial charge on any atom is 0.0554 e. The first-order valence-electron chi connectivity index (χ1n) is 6.61. The molecular weight excluding hydrogens is 210 g/mol. The molecule has 0 fully saturated rings. The van der Waals surface area contributed by atoms with Crippen LogP contribution < -0.4 is 5.32 Å². The monoisotopic (exact) mass is 235 g/mol. The van der Waals surface area contributed by atoms with Gasteiger partial charge in [0, 0.05) is 0 Å². The van der Waals surface area contributed by atoms with Gasteiger partial charge in [0.05, 0.1) is 6.10 Å². The average Bonchev–Trinajstić information content (AvgIpc) is 2.29. The normalized spacial score (nSPS) is 12.9. The summed E-state index contributed by atoms with van der Waals surface area (Å²) < 4.78 is 0. The van der Waals surface area contributed by atoms with Crippen LogP contribution in [0.5, 0.6) is 0 Å². The zero-order chi connectivity index (χ0) is 12.5. The van der Waals surface area contributed by atoms with Gasteiger partial charge in [-0.1, -0.05) is 44.2 Å². The fourth-order valence-corrected chi connectivity index (χ4v) is 1.93. The first kappa shape index (κ1) is 14.2. The highest BCUT2D eigenvalue weighted by atomic mass is 16.3. The summed E-state index contributed by atoms with van der Waals surface area (Å²) in [6.07, 6.45) is 2.66. The molecule has 0 aliphatic rings. The van der Waals surface area contributed by atoms with E-state index in [9.17, 15) is 5.11 Å². The third kappa shape index (κ3) is 7.14. The van der Waals surface area contributed by atoms with Crippen molar-refractivity contribution in [3.8, 4) is 0 Å². The summed E-state index contributed by atoms with van der Waals surface area (Å²) in [7, 11) is 0. The molecule has 17 heavy (non-hydrogen) atoms. The Labute approximate surface area is 105 Å². The second kappa shape index (κ2) is 8.26. The standard InChI is InChI=1S/C15H25NO/c1-13(2)12-15(17)9-11-16-10-8-14-6-4-3-5-7-14/h3-7,13,15-17H,8-12H2,1-2H3/t15-/m1/s1. The van der Waals surface area contributed by atoms with Crippen LogP contribution in [0.4, 0.5) is 0 Å². The van der Waals surface area contributed by atoms with Crippen molar-refractivity contribution in [3.05, 3.63) is 35.9 Å². The Hall–Kier alpha value is -0.860. The number of rotatable bonds is 8. The Kier molecular flexibility index (Phi) is 6.90. The highest BCUT2D eigenvalue weighted by Crippen LogP contribution is 2.06. The van der Waals surface area contributed by atoms with Gasteiger partial charge in [-0.15, -0.1) is 0 Å². The quantitative estimate of drug-likeness (QED) is 0.679. The van der Waals surface area contributed by atoms with Crippen molar-refractivity contribution in [2.45, 2.75) is 39.2 Å². The topological polar surface area (TPSA) is 32.3 Å². The zero-order valence-electron chi connectivity index (χ0n) is 11.0. The van der Waals surface area contributed by atoms with Gasteiger partial charge < -0.3 is 10.4 Å². The third-order valence-corrected chi connectivity index (χ3v) is 2.83. The van der Waals surface area contributed by atoms with Crippen LogP contribution in [0.15, 0.2) is 30.3 Å². The summed E-state index contributed by atoms with van der Waals surface area (Å²) in [6.45, 7) is 6.18. The maximum atomic E-state index is 9.70. The molecule has 0 bridgehead atoms. The molecule has 0 saturated carbocycles. The molecule has 96 valence electrons.